The van der Waals surface area contributed by atoms with Crippen LogP contribution >= 0.6 is 0 Å². The van der Waals surface area contributed by atoms with E-state index in [2.05, 4.69) is 51.4 Å². The van der Waals surface area contributed by atoms with Gasteiger partial charge in [-0.1, -0.05) is 173 Å². The molecule has 0 aromatic heterocycles. The van der Waals surface area contributed by atoms with Gasteiger partial charge in [0.15, 0.2) is 0 Å². The average Bonchev–Trinajstić information content (AvgIpc) is 1.93. The lowest BCUT2D eigenvalue weighted by atomic mass is 9.69. The van der Waals surface area contributed by atoms with Crippen molar-refractivity contribution in [3.05, 3.63) is 277 Å². The topological polar surface area (TPSA) is 77.5 Å². The average molecular weight is 1160 g/mol. The van der Waals surface area contributed by atoms with Gasteiger partial charge in [-0.25, -0.2) is 0 Å². The SMILES string of the molecule is C=CCOc1ccc2cc(C(c3ccc4cc(OCC=C)ccc4c3)C3C(=O)N(CCCCN4C(=O)C(c5ccc6cc(OCC=C)ccc6c5)(c5ccc6cc(OCC=C)ccc6c5)c5cccc(CC)c54)c4c3cccc4C(F)(F)F)ccc2c1. The number of para-hydroxylation sites is 2. The van der Waals surface area contributed by atoms with E-state index in [4.69, 9.17) is 18.9 Å². The van der Waals surface area contributed by atoms with E-state index in [0.29, 0.717) is 67.8 Å². The molecular formula is C76H65F3N2O6. The maximum absolute atomic E-state index is 16.3. The number of carbonyl (C=O) groups excluding carboxylic acids is 2. The summed E-state index contributed by atoms with van der Waals surface area (Å²) in [7, 11) is 0. The minimum Gasteiger partial charge on any atom is -0.490 e. The molecule has 0 spiro atoms. The minimum atomic E-state index is -4.78. The smallest absolute Gasteiger partial charge is 0.418 e. The number of halogens is 3. The van der Waals surface area contributed by atoms with Crippen LogP contribution < -0.4 is 28.7 Å². The second kappa shape index (κ2) is 24.2. The van der Waals surface area contributed by atoms with Crippen molar-refractivity contribution in [2.75, 3.05) is 49.3 Å². The summed E-state index contributed by atoms with van der Waals surface area (Å²) in [5.74, 6) is 0.403. The fourth-order valence-electron chi connectivity index (χ4n) is 13.0. The van der Waals surface area contributed by atoms with Gasteiger partial charge < -0.3 is 28.7 Å². The summed E-state index contributed by atoms with van der Waals surface area (Å²) < 4.78 is 70.2. The number of hydrogen-bond acceptors (Lipinski definition) is 6. The van der Waals surface area contributed by atoms with Crippen molar-refractivity contribution >= 4 is 66.3 Å². The molecule has 11 heteroatoms. The Morgan fingerprint density at radius 1 is 0.494 bits per heavy atom. The third-order valence-corrected chi connectivity index (χ3v) is 16.9. The Morgan fingerprint density at radius 3 is 1.36 bits per heavy atom. The molecule has 2 aliphatic rings. The molecule has 0 saturated heterocycles. The van der Waals surface area contributed by atoms with Crippen LogP contribution in [-0.2, 0) is 27.6 Å². The van der Waals surface area contributed by atoms with Crippen molar-refractivity contribution in [2.45, 2.75) is 49.6 Å². The monoisotopic (exact) mass is 1160 g/mol. The molecule has 0 fully saturated rings. The summed E-state index contributed by atoms with van der Waals surface area (Å²) in [4.78, 5) is 35.3. The predicted octanol–water partition coefficient (Wildman–Crippen LogP) is 17.6. The minimum absolute atomic E-state index is 0.0274. The number of anilines is 2. The Labute approximate surface area is 504 Å². The molecule has 10 aromatic rings. The molecule has 436 valence electrons. The molecule has 8 nitrogen and oxygen atoms in total. The van der Waals surface area contributed by atoms with Gasteiger partial charge in [-0.2, -0.15) is 13.2 Å². The van der Waals surface area contributed by atoms with Crippen molar-refractivity contribution < 1.29 is 41.7 Å². The summed E-state index contributed by atoms with van der Waals surface area (Å²) >= 11 is 0. The molecule has 2 amide bonds. The number of amides is 2. The predicted molar refractivity (Wildman–Crippen MR) is 344 cm³/mol. The van der Waals surface area contributed by atoms with E-state index in [0.717, 1.165) is 88.2 Å². The van der Waals surface area contributed by atoms with Crippen LogP contribution in [0.2, 0.25) is 0 Å². The number of carbonyl (C=O) groups is 2. The van der Waals surface area contributed by atoms with Crippen LogP contribution in [0, 0.1) is 0 Å². The number of hydrogen-bond donors (Lipinski definition) is 0. The number of nitrogens with zero attached hydrogens (tertiary/aromatic N) is 2. The molecule has 0 radical (unpaired) electrons. The summed E-state index contributed by atoms with van der Waals surface area (Å²) in [6.45, 7) is 18.8. The highest BCUT2D eigenvalue weighted by atomic mass is 19.4. The molecule has 2 heterocycles. The Morgan fingerprint density at radius 2 is 0.908 bits per heavy atom. The van der Waals surface area contributed by atoms with Crippen LogP contribution in [0.5, 0.6) is 23.0 Å². The molecule has 0 bridgehead atoms. The quantitative estimate of drug-likeness (QED) is 0.0469. The molecule has 1 unspecified atom stereocenters. The molecule has 0 saturated carbocycles. The van der Waals surface area contributed by atoms with Gasteiger partial charge in [0.1, 0.15) is 54.8 Å². The molecule has 2 aliphatic heterocycles. The number of unbranched alkanes of at least 4 members (excludes halogenated alkanes) is 1. The van der Waals surface area contributed by atoms with Gasteiger partial charge in [-0.15, -0.1) is 0 Å². The molecule has 1 atom stereocenters. The van der Waals surface area contributed by atoms with E-state index in [9.17, 15) is 0 Å². The lowest BCUT2D eigenvalue weighted by molar-refractivity contribution is -0.137. The highest BCUT2D eigenvalue weighted by Gasteiger charge is 2.54. The van der Waals surface area contributed by atoms with E-state index in [-0.39, 0.29) is 31.1 Å². The first-order chi connectivity index (χ1) is 42.4. The fraction of sp³-hybridized carbons (Fsp3) is 0.184. The van der Waals surface area contributed by atoms with Crippen LogP contribution in [-0.4, -0.2) is 51.3 Å². The Kier molecular flexibility index (Phi) is 16.0. The Bertz CT molecular complexity index is 4170. The third-order valence-electron chi connectivity index (χ3n) is 16.9. The summed E-state index contributed by atoms with van der Waals surface area (Å²) in [6.07, 6.45) is 3.25. The second-order valence-electron chi connectivity index (χ2n) is 22.2. The van der Waals surface area contributed by atoms with Crippen molar-refractivity contribution in [3.63, 3.8) is 0 Å². The normalized spacial score (nSPS) is 14.4. The number of benzene rings is 10. The number of aryl methyl sites for hydroxylation is 1. The van der Waals surface area contributed by atoms with E-state index < -0.39 is 34.9 Å². The van der Waals surface area contributed by atoms with Gasteiger partial charge in [0, 0.05) is 24.6 Å². The maximum Gasteiger partial charge on any atom is 0.418 e. The number of alkyl halides is 3. The first-order valence-electron chi connectivity index (χ1n) is 29.4. The highest BCUT2D eigenvalue weighted by molar-refractivity contribution is 6.14. The number of rotatable bonds is 23. The van der Waals surface area contributed by atoms with Crippen molar-refractivity contribution in [1.82, 2.24) is 0 Å². The van der Waals surface area contributed by atoms with Gasteiger partial charge in [-0.3, -0.25) is 9.59 Å². The zero-order chi connectivity index (χ0) is 60.4. The zero-order valence-electron chi connectivity index (χ0n) is 48.5. The molecule has 12 rings (SSSR count). The van der Waals surface area contributed by atoms with Crippen molar-refractivity contribution in [1.29, 1.82) is 0 Å². The van der Waals surface area contributed by atoms with Gasteiger partial charge in [0.2, 0.25) is 11.8 Å². The molecule has 10 aromatic carbocycles. The van der Waals surface area contributed by atoms with Gasteiger partial charge in [0.25, 0.3) is 0 Å². The van der Waals surface area contributed by atoms with Crippen LogP contribution in [0.4, 0.5) is 24.5 Å². The number of fused-ring (bicyclic) bond motifs is 6. The molecule has 0 aliphatic carbocycles. The lowest BCUT2D eigenvalue weighted by Gasteiger charge is -2.31. The summed E-state index contributed by atoms with van der Waals surface area (Å²) in [5.41, 5.74) is 3.68. The van der Waals surface area contributed by atoms with Crippen LogP contribution in [0.15, 0.2) is 233 Å². The Balaban J connectivity index is 0.914. The van der Waals surface area contributed by atoms with E-state index in [1.807, 2.05) is 150 Å². The zero-order valence-corrected chi connectivity index (χ0v) is 48.5. The van der Waals surface area contributed by atoms with Crippen molar-refractivity contribution in [3.8, 4) is 23.0 Å². The Hall–Kier alpha value is -9.87. The molecule has 0 N–H and O–H groups in total. The van der Waals surface area contributed by atoms with Crippen LogP contribution in [0.1, 0.15) is 76.1 Å². The standard InChI is InChI=1S/C76H65F3N2O6/c1-6-37-84-62-31-25-50-41-58(21-19-54(50)45-62)69(59-22-20-55-46-63(85-38-7-2)32-26-51(55)42-59)70-66-16-14-18-68(76(77,78)79)72(66)80(73(70)82)35-11-12-36-81-71-49(10-5)15-13-17-67(71)75(74(81)83,60-29-23-56-47-64(86-39-8-3)33-27-52(56)43-60)61-30-24-57-48-65(87-40-9-4)34-28-53(57)44-61/h6-9,13-34,41-48,69-70H,1-4,10-12,35-40H2,5H3. The van der Waals surface area contributed by atoms with Crippen LogP contribution in [0.25, 0.3) is 43.1 Å². The molecular weight excluding hydrogens is 1090 g/mol. The van der Waals surface area contributed by atoms with Gasteiger partial charge in [0.05, 0.1) is 22.9 Å². The highest BCUT2D eigenvalue weighted by Crippen LogP contribution is 2.55. The lowest BCUT2D eigenvalue weighted by Crippen LogP contribution is -2.42. The van der Waals surface area contributed by atoms with E-state index >= 15 is 22.8 Å². The first kappa shape index (κ1) is 57.6. The fourth-order valence-corrected chi connectivity index (χ4v) is 13.0. The van der Waals surface area contributed by atoms with Crippen LogP contribution in [0.3, 0.4) is 0 Å². The summed E-state index contributed by atoms with van der Waals surface area (Å²) in [5, 5.41) is 7.27. The third kappa shape index (κ3) is 10.8. The number of ether oxygens (including phenoxy) is 4. The molecule has 87 heavy (non-hydrogen) atoms. The largest absolute Gasteiger partial charge is 0.490 e. The summed E-state index contributed by atoms with van der Waals surface area (Å²) in [6, 6.07) is 57.8. The van der Waals surface area contributed by atoms with E-state index in [1.165, 1.54) is 11.0 Å². The van der Waals surface area contributed by atoms with Gasteiger partial charge >= 0.3 is 6.18 Å². The first-order valence-corrected chi connectivity index (χ1v) is 29.4. The van der Waals surface area contributed by atoms with Gasteiger partial charge in [-0.05, 0) is 162 Å². The second-order valence-corrected chi connectivity index (χ2v) is 22.2. The van der Waals surface area contributed by atoms with E-state index in [1.54, 1.807) is 30.4 Å². The maximum atomic E-state index is 16.3. The van der Waals surface area contributed by atoms with Crippen molar-refractivity contribution in [2.24, 2.45) is 0 Å².